The lowest BCUT2D eigenvalue weighted by Gasteiger charge is -2.17. The highest BCUT2D eigenvalue weighted by molar-refractivity contribution is 7.71. The van der Waals surface area contributed by atoms with Crippen LogP contribution in [0.2, 0.25) is 0 Å². The van der Waals surface area contributed by atoms with Crippen LogP contribution >= 0.6 is 12.2 Å². The molecule has 112 valence electrons. The summed E-state index contributed by atoms with van der Waals surface area (Å²) in [6.07, 6.45) is 4.03. The Bertz CT molecular complexity index is 665. The molecule has 2 rings (SSSR count). The second-order valence-corrected chi connectivity index (χ2v) is 5.32. The zero-order valence-electron chi connectivity index (χ0n) is 12.8. The van der Waals surface area contributed by atoms with Gasteiger partial charge in [-0.15, -0.1) is 0 Å². The summed E-state index contributed by atoms with van der Waals surface area (Å²) in [6.45, 7) is 9.11. The third kappa shape index (κ3) is 4.12. The number of hydrogen-bond acceptors (Lipinski definition) is 3. The fraction of sp³-hybridized carbons (Fsp3) is 0.375. The summed E-state index contributed by atoms with van der Waals surface area (Å²) in [5.74, 6) is 0.787. The standard InChI is InChI=1S/C16H22N4S/c1-4-19(5-2)12-20-16(21)17-15(18-20)11-10-14-9-7-6-8-13(14)3/h6-11H,4-5,12H2,1-3H3,(H,17,18,21)/b11-10+. The second kappa shape index (κ2) is 7.33. The average Bonchev–Trinajstić information content (AvgIpc) is 2.84. The first-order valence-corrected chi connectivity index (χ1v) is 7.67. The van der Waals surface area contributed by atoms with E-state index in [0.717, 1.165) is 25.6 Å². The van der Waals surface area contributed by atoms with Crippen molar-refractivity contribution < 1.29 is 0 Å². The molecule has 5 heteroatoms. The van der Waals surface area contributed by atoms with Gasteiger partial charge in [-0.05, 0) is 49.4 Å². The van der Waals surface area contributed by atoms with Crippen molar-refractivity contribution in [2.24, 2.45) is 0 Å². The molecule has 0 atom stereocenters. The minimum atomic E-state index is 0.589. The molecule has 1 aromatic carbocycles. The molecule has 21 heavy (non-hydrogen) atoms. The van der Waals surface area contributed by atoms with Gasteiger partial charge in [-0.3, -0.25) is 10.00 Å². The van der Waals surface area contributed by atoms with E-state index in [0.29, 0.717) is 4.77 Å². The van der Waals surface area contributed by atoms with E-state index < -0.39 is 0 Å². The molecule has 0 aliphatic carbocycles. The summed E-state index contributed by atoms with van der Waals surface area (Å²) in [7, 11) is 0. The fourth-order valence-electron chi connectivity index (χ4n) is 2.11. The first kappa shape index (κ1) is 15.7. The van der Waals surface area contributed by atoms with Gasteiger partial charge >= 0.3 is 0 Å². The quantitative estimate of drug-likeness (QED) is 0.826. The molecule has 0 unspecified atom stereocenters. The number of nitrogens with one attached hydrogen (secondary N) is 1. The summed E-state index contributed by atoms with van der Waals surface area (Å²) in [6, 6.07) is 8.26. The van der Waals surface area contributed by atoms with E-state index in [-0.39, 0.29) is 0 Å². The molecule has 0 fully saturated rings. The van der Waals surface area contributed by atoms with Crippen LogP contribution < -0.4 is 0 Å². The van der Waals surface area contributed by atoms with Crippen molar-refractivity contribution in [1.29, 1.82) is 0 Å². The van der Waals surface area contributed by atoms with Gasteiger partial charge in [-0.2, -0.15) is 4.98 Å². The van der Waals surface area contributed by atoms with Crippen molar-refractivity contribution in [3.05, 3.63) is 46.0 Å². The highest BCUT2D eigenvalue weighted by atomic mass is 32.1. The summed E-state index contributed by atoms with van der Waals surface area (Å²) in [5, 5.41) is 3.24. The number of nitrogens with zero attached hydrogens (tertiary/aromatic N) is 3. The van der Waals surface area contributed by atoms with Gasteiger partial charge < -0.3 is 0 Å². The van der Waals surface area contributed by atoms with Crippen LogP contribution in [0.15, 0.2) is 24.3 Å². The largest absolute Gasteiger partial charge is 0.285 e. The molecule has 2 aromatic rings. The highest BCUT2D eigenvalue weighted by Gasteiger charge is 2.04. The van der Waals surface area contributed by atoms with Crippen LogP contribution in [-0.4, -0.2) is 32.8 Å². The van der Waals surface area contributed by atoms with Gasteiger partial charge in [0.05, 0.1) is 6.67 Å². The molecule has 1 aromatic heterocycles. The third-order valence-electron chi connectivity index (χ3n) is 3.54. The van der Waals surface area contributed by atoms with E-state index in [1.807, 2.05) is 22.9 Å². The van der Waals surface area contributed by atoms with Crippen LogP contribution in [0.5, 0.6) is 0 Å². The molecular weight excluding hydrogens is 280 g/mol. The molecule has 0 aliphatic heterocycles. The number of hydrogen-bond donors (Lipinski definition) is 1. The Kier molecular flexibility index (Phi) is 5.47. The van der Waals surface area contributed by atoms with Gasteiger partial charge in [-0.1, -0.05) is 44.2 Å². The van der Waals surface area contributed by atoms with Crippen LogP contribution in [0.4, 0.5) is 0 Å². The summed E-state index contributed by atoms with van der Waals surface area (Å²) < 4.78 is 2.49. The average molecular weight is 302 g/mol. The monoisotopic (exact) mass is 302 g/mol. The Hall–Kier alpha value is -1.72. The van der Waals surface area contributed by atoms with E-state index in [9.17, 15) is 0 Å². The number of aromatic nitrogens is 3. The minimum absolute atomic E-state index is 0.589. The van der Waals surface area contributed by atoms with Crippen molar-refractivity contribution in [2.75, 3.05) is 13.1 Å². The number of aryl methyl sites for hydroxylation is 1. The summed E-state index contributed by atoms with van der Waals surface area (Å²) in [5.41, 5.74) is 2.44. The van der Waals surface area contributed by atoms with Crippen molar-refractivity contribution >= 4 is 24.4 Å². The van der Waals surface area contributed by atoms with Crippen LogP contribution in [-0.2, 0) is 6.67 Å². The van der Waals surface area contributed by atoms with Gasteiger partial charge in [-0.25, -0.2) is 4.68 Å². The van der Waals surface area contributed by atoms with Crippen molar-refractivity contribution in [3.8, 4) is 0 Å². The lowest BCUT2D eigenvalue weighted by atomic mass is 10.1. The number of H-pyrrole nitrogens is 1. The molecule has 0 radical (unpaired) electrons. The second-order valence-electron chi connectivity index (χ2n) is 4.95. The van der Waals surface area contributed by atoms with E-state index in [4.69, 9.17) is 12.2 Å². The van der Waals surface area contributed by atoms with Crippen LogP contribution in [0, 0.1) is 11.7 Å². The zero-order chi connectivity index (χ0) is 15.2. The van der Waals surface area contributed by atoms with Crippen molar-refractivity contribution in [3.63, 3.8) is 0 Å². The SMILES string of the molecule is CCN(CC)Cn1[nH]c(/C=C/c2ccccc2C)nc1=S. The Balaban J connectivity index is 2.16. The molecular formula is C16H22N4S. The maximum atomic E-state index is 5.30. The lowest BCUT2D eigenvalue weighted by Crippen LogP contribution is -2.26. The molecule has 0 amide bonds. The Morgan fingerprint density at radius 3 is 2.62 bits per heavy atom. The van der Waals surface area contributed by atoms with Gasteiger partial charge in [0.25, 0.3) is 0 Å². The lowest BCUT2D eigenvalue weighted by molar-refractivity contribution is 0.227. The number of rotatable bonds is 6. The summed E-state index contributed by atoms with van der Waals surface area (Å²) in [4.78, 5) is 6.67. The third-order valence-corrected chi connectivity index (χ3v) is 3.85. The van der Waals surface area contributed by atoms with Crippen molar-refractivity contribution in [1.82, 2.24) is 19.7 Å². The maximum Gasteiger partial charge on any atom is 0.217 e. The molecule has 0 saturated carbocycles. The maximum absolute atomic E-state index is 5.30. The summed E-state index contributed by atoms with van der Waals surface area (Å²) >= 11 is 5.30. The van der Waals surface area contributed by atoms with E-state index >= 15 is 0 Å². The van der Waals surface area contributed by atoms with Gasteiger partial charge in [0.1, 0.15) is 5.82 Å². The van der Waals surface area contributed by atoms with E-state index in [2.05, 4.69) is 54.0 Å². The first-order valence-electron chi connectivity index (χ1n) is 7.27. The molecule has 1 N–H and O–H groups in total. The van der Waals surface area contributed by atoms with Gasteiger partial charge in [0.2, 0.25) is 4.77 Å². The van der Waals surface area contributed by atoms with E-state index in [1.165, 1.54) is 11.1 Å². The predicted octanol–water partition coefficient (Wildman–Crippen LogP) is 3.72. The smallest absolute Gasteiger partial charge is 0.217 e. The van der Waals surface area contributed by atoms with Crippen LogP contribution in [0.1, 0.15) is 30.8 Å². The van der Waals surface area contributed by atoms with Crippen LogP contribution in [0.25, 0.3) is 12.2 Å². The molecule has 0 saturated heterocycles. The van der Waals surface area contributed by atoms with E-state index in [1.54, 1.807) is 0 Å². The van der Waals surface area contributed by atoms with Crippen molar-refractivity contribution in [2.45, 2.75) is 27.4 Å². The number of aromatic amines is 1. The Morgan fingerprint density at radius 1 is 1.24 bits per heavy atom. The molecule has 1 heterocycles. The predicted molar refractivity (Wildman–Crippen MR) is 90.4 cm³/mol. The topological polar surface area (TPSA) is 36.9 Å². The zero-order valence-corrected chi connectivity index (χ0v) is 13.7. The number of benzene rings is 1. The van der Waals surface area contributed by atoms with Crippen LogP contribution in [0.3, 0.4) is 0 Å². The Morgan fingerprint density at radius 2 is 1.95 bits per heavy atom. The minimum Gasteiger partial charge on any atom is -0.285 e. The fourth-order valence-corrected chi connectivity index (χ4v) is 2.31. The Labute approximate surface area is 131 Å². The van der Waals surface area contributed by atoms with Gasteiger partial charge in [0.15, 0.2) is 0 Å². The molecule has 0 bridgehead atoms. The molecule has 0 aliphatic rings. The van der Waals surface area contributed by atoms with Gasteiger partial charge in [0, 0.05) is 0 Å². The highest BCUT2D eigenvalue weighted by Crippen LogP contribution is 2.10. The molecule has 4 nitrogen and oxygen atoms in total. The first-order chi connectivity index (χ1) is 10.1. The normalized spacial score (nSPS) is 11.6. The molecule has 0 spiro atoms.